The summed E-state index contributed by atoms with van der Waals surface area (Å²) in [4.78, 5) is 27.5. The quantitative estimate of drug-likeness (QED) is 0.353. The Labute approximate surface area is 194 Å². The zero-order valence-corrected chi connectivity index (χ0v) is 19.2. The summed E-state index contributed by atoms with van der Waals surface area (Å²) in [6, 6.07) is 20.4. The van der Waals surface area contributed by atoms with Gasteiger partial charge in [-0.2, -0.15) is 0 Å². The van der Waals surface area contributed by atoms with Crippen LogP contribution in [0.1, 0.15) is 15.9 Å². The van der Waals surface area contributed by atoms with Crippen LogP contribution in [0.4, 0.5) is 15.8 Å². The molecule has 158 valence electrons. The van der Waals surface area contributed by atoms with Gasteiger partial charge in [0.05, 0.1) is 5.56 Å². The number of nitrogens with zero attached hydrogens (tertiary/aromatic N) is 1. The third-order valence-electron chi connectivity index (χ3n) is 4.43. The first-order valence-electron chi connectivity index (χ1n) is 9.45. The summed E-state index contributed by atoms with van der Waals surface area (Å²) in [7, 11) is 3.86. The highest BCUT2D eigenvalue weighted by Gasteiger charge is 2.17. The molecule has 0 spiro atoms. The molecule has 0 radical (unpaired) electrons. The first-order valence-corrected chi connectivity index (χ1v) is 10.5. The zero-order chi connectivity index (χ0) is 22.4. The molecule has 0 saturated carbocycles. The van der Waals surface area contributed by atoms with Gasteiger partial charge in [0.2, 0.25) is 0 Å². The van der Waals surface area contributed by atoms with Crippen molar-refractivity contribution in [3.8, 4) is 0 Å². The monoisotopic (exact) mass is 529 g/mol. The first kappa shape index (κ1) is 22.5. The molecule has 0 heterocycles. The van der Waals surface area contributed by atoms with E-state index in [0.717, 1.165) is 9.26 Å². The minimum absolute atomic E-state index is 0.00408. The molecule has 2 N–H and O–H groups in total. The van der Waals surface area contributed by atoms with E-state index in [1.807, 2.05) is 55.4 Å². The molecule has 3 rings (SSSR count). The first-order chi connectivity index (χ1) is 14.8. The standard InChI is InChI=1S/C24H21FIN3O2/c1-29(2)19-13-7-16(8-14-19)15-22(24(31)27-18-11-9-17(26)10-12-18)28-23(30)20-5-3-4-6-21(20)25/h3-15H,1-2H3,(H,27,31)(H,28,30)/b22-15-. The highest BCUT2D eigenvalue weighted by Crippen LogP contribution is 2.17. The van der Waals surface area contributed by atoms with Gasteiger partial charge in [0, 0.05) is 29.0 Å². The maximum absolute atomic E-state index is 14.0. The fourth-order valence-electron chi connectivity index (χ4n) is 2.76. The van der Waals surface area contributed by atoms with Crippen molar-refractivity contribution in [2.45, 2.75) is 0 Å². The summed E-state index contributed by atoms with van der Waals surface area (Å²) in [6.45, 7) is 0. The molecule has 2 amide bonds. The smallest absolute Gasteiger partial charge is 0.272 e. The van der Waals surface area contributed by atoms with Gasteiger partial charge in [0.25, 0.3) is 11.8 Å². The second-order valence-electron chi connectivity index (χ2n) is 6.94. The predicted octanol–water partition coefficient (Wildman–Crippen LogP) is 4.91. The normalized spacial score (nSPS) is 11.0. The van der Waals surface area contributed by atoms with Gasteiger partial charge in [-0.25, -0.2) is 4.39 Å². The van der Waals surface area contributed by atoms with Crippen molar-refractivity contribution in [3.05, 3.63) is 99.0 Å². The number of hydrogen-bond donors (Lipinski definition) is 2. The van der Waals surface area contributed by atoms with Crippen molar-refractivity contribution < 1.29 is 14.0 Å². The number of carbonyl (C=O) groups excluding carboxylic acids is 2. The molecule has 3 aromatic carbocycles. The number of anilines is 2. The number of rotatable bonds is 6. The van der Waals surface area contributed by atoms with Crippen LogP contribution in [0.15, 0.2) is 78.5 Å². The van der Waals surface area contributed by atoms with Crippen LogP contribution in [0, 0.1) is 9.39 Å². The van der Waals surface area contributed by atoms with Crippen molar-refractivity contribution >= 4 is 51.9 Å². The topological polar surface area (TPSA) is 61.4 Å². The van der Waals surface area contributed by atoms with E-state index in [4.69, 9.17) is 0 Å². The van der Waals surface area contributed by atoms with E-state index in [0.29, 0.717) is 11.3 Å². The van der Waals surface area contributed by atoms with E-state index in [1.165, 1.54) is 18.2 Å². The van der Waals surface area contributed by atoms with Gasteiger partial charge in [0.1, 0.15) is 11.5 Å². The van der Waals surface area contributed by atoms with Gasteiger partial charge in [-0.3, -0.25) is 9.59 Å². The number of halogens is 2. The van der Waals surface area contributed by atoms with E-state index < -0.39 is 17.6 Å². The van der Waals surface area contributed by atoms with Crippen molar-refractivity contribution in [1.29, 1.82) is 0 Å². The fraction of sp³-hybridized carbons (Fsp3) is 0.0833. The van der Waals surface area contributed by atoms with Crippen LogP contribution in [-0.2, 0) is 4.79 Å². The zero-order valence-electron chi connectivity index (χ0n) is 17.0. The number of amides is 2. The van der Waals surface area contributed by atoms with Crippen LogP contribution in [0.25, 0.3) is 6.08 Å². The minimum atomic E-state index is -0.702. The second-order valence-corrected chi connectivity index (χ2v) is 8.18. The molecule has 0 atom stereocenters. The lowest BCUT2D eigenvalue weighted by molar-refractivity contribution is -0.113. The fourth-order valence-corrected chi connectivity index (χ4v) is 3.12. The molecule has 0 bridgehead atoms. The van der Waals surface area contributed by atoms with Crippen LogP contribution in [-0.4, -0.2) is 25.9 Å². The maximum atomic E-state index is 14.0. The largest absolute Gasteiger partial charge is 0.378 e. The third kappa shape index (κ3) is 6.14. The Morgan fingerprint density at radius 1 is 0.935 bits per heavy atom. The Kier molecular flexibility index (Phi) is 7.41. The number of hydrogen-bond acceptors (Lipinski definition) is 3. The SMILES string of the molecule is CN(C)c1ccc(/C=C(\NC(=O)c2ccccc2F)C(=O)Nc2ccc(I)cc2)cc1. The van der Waals surface area contributed by atoms with E-state index in [2.05, 4.69) is 33.2 Å². The summed E-state index contributed by atoms with van der Waals surface area (Å²) >= 11 is 2.17. The molecule has 31 heavy (non-hydrogen) atoms. The second kappa shape index (κ2) is 10.2. The molecule has 0 unspecified atom stereocenters. The van der Waals surface area contributed by atoms with E-state index >= 15 is 0 Å². The Morgan fingerprint density at radius 3 is 2.19 bits per heavy atom. The molecule has 0 aliphatic carbocycles. The summed E-state index contributed by atoms with van der Waals surface area (Å²) in [6.07, 6.45) is 1.56. The predicted molar refractivity (Wildman–Crippen MR) is 130 cm³/mol. The molecule has 3 aromatic rings. The van der Waals surface area contributed by atoms with Crippen LogP contribution in [0.2, 0.25) is 0 Å². The molecular formula is C24H21FIN3O2. The summed E-state index contributed by atoms with van der Waals surface area (Å²) in [5, 5.41) is 5.31. The van der Waals surface area contributed by atoms with Gasteiger partial charge in [-0.15, -0.1) is 0 Å². The van der Waals surface area contributed by atoms with Crippen LogP contribution >= 0.6 is 22.6 Å². The van der Waals surface area contributed by atoms with Crippen LogP contribution in [0.5, 0.6) is 0 Å². The van der Waals surface area contributed by atoms with Gasteiger partial charge in [0.15, 0.2) is 0 Å². The summed E-state index contributed by atoms with van der Waals surface area (Å²) in [5.74, 6) is -1.87. The van der Waals surface area contributed by atoms with Gasteiger partial charge in [-0.05, 0) is 82.8 Å². The van der Waals surface area contributed by atoms with Gasteiger partial charge < -0.3 is 15.5 Å². The molecule has 0 fully saturated rings. The average molecular weight is 529 g/mol. The van der Waals surface area contributed by atoms with E-state index in [-0.39, 0.29) is 11.3 Å². The maximum Gasteiger partial charge on any atom is 0.272 e. The molecular weight excluding hydrogens is 508 g/mol. The molecule has 7 heteroatoms. The highest BCUT2D eigenvalue weighted by atomic mass is 127. The van der Waals surface area contributed by atoms with Crippen LogP contribution in [0.3, 0.4) is 0 Å². The Balaban J connectivity index is 1.90. The molecule has 0 aromatic heterocycles. The third-order valence-corrected chi connectivity index (χ3v) is 5.15. The Morgan fingerprint density at radius 2 is 1.58 bits per heavy atom. The lowest BCUT2D eigenvalue weighted by Crippen LogP contribution is -2.31. The van der Waals surface area contributed by atoms with E-state index in [1.54, 1.807) is 24.3 Å². The Bertz CT molecular complexity index is 1110. The number of nitrogens with one attached hydrogen (secondary N) is 2. The molecule has 0 saturated heterocycles. The van der Waals surface area contributed by atoms with Gasteiger partial charge in [-0.1, -0.05) is 24.3 Å². The lowest BCUT2D eigenvalue weighted by Gasteiger charge is -2.13. The minimum Gasteiger partial charge on any atom is -0.378 e. The van der Waals surface area contributed by atoms with Crippen molar-refractivity contribution in [1.82, 2.24) is 5.32 Å². The lowest BCUT2D eigenvalue weighted by atomic mass is 10.1. The number of carbonyl (C=O) groups is 2. The van der Waals surface area contributed by atoms with Crippen molar-refractivity contribution in [3.63, 3.8) is 0 Å². The van der Waals surface area contributed by atoms with Crippen molar-refractivity contribution in [2.24, 2.45) is 0 Å². The molecule has 0 aliphatic heterocycles. The number of benzene rings is 3. The van der Waals surface area contributed by atoms with Crippen molar-refractivity contribution in [2.75, 3.05) is 24.3 Å². The molecule has 5 nitrogen and oxygen atoms in total. The summed E-state index contributed by atoms with van der Waals surface area (Å²) < 4.78 is 15.1. The van der Waals surface area contributed by atoms with Gasteiger partial charge >= 0.3 is 0 Å². The Hall–Kier alpha value is -3.20. The summed E-state index contributed by atoms with van der Waals surface area (Å²) in [5.41, 5.74) is 2.16. The van der Waals surface area contributed by atoms with Crippen LogP contribution < -0.4 is 15.5 Å². The highest BCUT2D eigenvalue weighted by molar-refractivity contribution is 14.1. The average Bonchev–Trinajstić information content (AvgIpc) is 2.75. The molecule has 0 aliphatic rings. The van der Waals surface area contributed by atoms with E-state index in [9.17, 15) is 14.0 Å².